The van der Waals surface area contributed by atoms with Gasteiger partial charge in [-0.3, -0.25) is 4.79 Å². The zero-order chi connectivity index (χ0) is 25.3. The fraction of sp³-hybridized carbons (Fsp3) is 0.120. The number of benzene rings is 2. The minimum absolute atomic E-state index is 0.0367. The molecule has 0 unspecified atom stereocenters. The molecule has 36 heavy (non-hydrogen) atoms. The number of hydrogen-bond acceptors (Lipinski definition) is 7. The lowest BCUT2D eigenvalue weighted by molar-refractivity contribution is -0.121. The minimum Gasteiger partial charge on any atom is -0.443 e. The van der Waals surface area contributed by atoms with Crippen LogP contribution >= 0.6 is 0 Å². The predicted octanol–water partition coefficient (Wildman–Crippen LogP) is 3.61. The quantitative estimate of drug-likeness (QED) is 0.359. The van der Waals surface area contributed by atoms with E-state index in [0.717, 1.165) is 11.8 Å². The highest BCUT2D eigenvalue weighted by molar-refractivity contribution is 7.90. The van der Waals surface area contributed by atoms with Gasteiger partial charge in [0.15, 0.2) is 9.84 Å². The van der Waals surface area contributed by atoms with Crippen LogP contribution in [-0.4, -0.2) is 40.3 Å². The standard InChI is InChI=1S/C25H20FN5O4S/c1-36(33,34)20-6-2-16(3-7-20)21-8-5-19(29-30-21)14-28-24(32)15-31-22-9-4-18(26)12-17(22)13-23(31)25-27-10-11-35-25/h2-13H,14-15H2,1H3,(H,28,32). The third-order valence-electron chi connectivity index (χ3n) is 5.58. The third kappa shape index (κ3) is 4.86. The van der Waals surface area contributed by atoms with Crippen molar-refractivity contribution >= 4 is 26.6 Å². The normalized spacial score (nSPS) is 11.6. The summed E-state index contributed by atoms with van der Waals surface area (Å²) in [4.78, 5) is 17.1. The first-order valence-corrected chi connectivity index (χ1v) is 12.8. The lowest BCUT2D eigenvalue weighted by Gasteiger charge is -2.10. The number of sulfone groups is 1. The van der Waals surface area contributed by atoms with E-state index in [9.17, 15) is 17.6 Å². The second kappa shape index (κ2) is 9.34. The van der Waals surface area contributed by atoms with E-state index >= 15 is 0 Å². The number of amides is 1. The van der Waals surface area contributed by atoms with Crippen LogP contribution in [-0.2, 0) is 27.7 Å². The Kier molecular flexibility index (Phi) is 6.06. The summed E-state index contributed by atoms with van der Waals surface area (Å²) in [5.74, 6) is -0.339. The van der Waals surface area contributed by atoms with Gasteiger partial charge in [-0.25, -0.2) is 17.8 Å². The van der Waals surface area contributed by atoms with E-state index in [4.69, 9.17) is 4.42 Å². The predicted molar refractivity (Wildman–Crippen MR) is 130 cm³/mol. The van der Waals surface area contributed by atoms with E-state index in [-0.39, 0.29) is 29.7 Å². The van der Waals surface area contributed by atoms with Gasteiger partial charge in [-0.15, -0.1) is 0 Å². The maximum absolute atomic E-state index is 13.7. The Bertz CT molecular complexity index is 1650. The van der Waals surface area contributed by atoms with Crippen molar-refractivity contribution in [3.63, 3.8) is 0 Å². The molecule has 0 bridgehead atoms. The molecule has 3 heterocycles. The largest absolute Gasteiger partial charge is 0.443 e. The average molecular weight is 506 g/mol. The highest BCUT2D eigenvalue weighted by Gasteiger charge is 2.17. The maximum Gasteiger partial charge on any atom is 0.243 e. The van der Waals surface area contributed by atoms with Crippen LogP contribution in [0.4, 0.5) is 4.39 Å². The molecule has 9 nitrogen and oxygen atoms in total. The molecule has 5 rings (SSSR count). The smallest absolute Gasteiger partial charge is 0.243 e. The van der Waals surface area contributed by atoms with Crippen molar-refractivity contribution in [3.8, 4) is 22.8 Å². The van der Waals surface area contributed by atoms with Crippen LogP contribution in [0.25, 0.3) is 33.7 Å². The molecule has 0 fully saturated rings. The van der Waals surface area contributed by atoms with Crippen LogP contribution in [0.15, 0.2) is 82.4 Å². The molecule has 2 aromatic carbocycles. The molecule has 3 aromatic heterocycles. The van der Waals surface area contributed by atoms with E-state index in [2.05, 4.69) is 20.5 Å². The highest BCUT2D eigenvalue weighted by atomic mass is 32.2. The van der Waals surface area contributed by atoms with Crippen molar-refractivity contribution in [1.29, 1.82) is 0 Å². The van der Waals surface area contributed by atoms with Crippen molar-refractivity contribution in [2.45, 2.75) is 18.0 Å². The molecule has 0 aliphatic rings. The van der Waals surface area contributed by atoms with E-state index in [1.807, 2.05) is 0 Å². The van der Waals surface area contributed by atoms with E-state index < -0.39 is 9.84 Å². The van der Waals surface area contributed by atoms with Gasteiger partial charge in [0.2, 0.25) is 11.8 Å². The van der Waals surface area contributed by atoms with Gasteiger partial charge < -0.3 is 14.3 Å². The summed E-state index contributed by atoms with van der Waals surface area (Å²) in [6, 6.07) is 15.9. The molecule has 0 saturated carbocycles. The number of carbonyl (C=O) groups is 1. The van der Waals surface area contributed by atoms with Gasteiger partial charge in [0.05, 0.1) is 29.0 Å². The summed E-state index contributed by atoms with van der Waals surface area (Å²) in [5.41, 5.74) is 3.08. The summed E-state index contributed by atoms with van der Waals surface area (Å²) >= 11 is 0. The zero-order valence-electron chi connectivity index (χ0n) is 19.1. The van der Waals surface area contributed by atoms with E-state index in [1.165, 1.54) is 36.7 Å². The molecule has 0 saturated heterocycles. The zero-order valence-corrected chi connectivity index (χ0v) is 19.9. The number of fused-ring (bicyclic) bond motifs is 1. The molecule has 0 spiro atoms. The van der Waals surface area contributed by atoms with Crippen molar-refractivity contribution in [2.24, 2.45) is 0 Å². The Morgan fingerprint density at radius 1 is 1.06 bits per heavy atom. The summed E-state index contributed by atoms with van der Waals surface area (Å²) in [7, 11) is -3.28. The fourth-order valence-corrected chi connectivity index (χ4v) is 4.44. The molecule has 1 amide bonds. The number of hydrogen-bond donors (Lipinski definition) is 1. The van der Waals surface area contributed by atoms with Gasteiger partial charge in [0.25, 0.3) is 0 Å². The molecule has 0 atom stereocenters. The number of halogens is 1. The van der Waals surface area contributed by atoms with E-state index in [1.54, 1.807) is 41.0 Å². The molecule has 182 valence electrons. The fourth-order valence-electron chi connectivity index (χ4n) is 3.81. The van der Waals surface area contributed by atoms with Gasteiger partial charge in [-0.05, 0) is 48.5 Å². The SMILES string of the molecule is CS(=O)(=O)c1ccc(-c2ccc(CNC(=O)Cn3c(-c4ncco4)cc4cc(F)ccc43)nn2)cc1. The van der Waals surface area contributed by atoms with Crippen LogP contribution in [0.3, 0.4) is 0 Å². The van der Waals surface area contributed by atoms with Crippen LogP contribution in [0.2, 0.25) is 0 Å². The van der Waals surface area contributed by atoms with Crippen LogP contribution in [0.1, 0.15) is 5.69 Å². The van der Waals surface area contributed by atoms with Crippen LogP contribution in [0.5, 0.6) is 0 Å². The van der Waals surface area contributed by atoms with Crippen LogP contribution in [0, 0.1) is 5.82 Å². The number of carbonyl (C=O) groups excluding carboxylic acids is 1. The lowest BCUT2D eigenvalue weighted by Crippen LogP contribution is -2.27. The Morgan fingerprint density at radius 2 is 1.86 bits per heavy atom. The lowest BCUT2D eigenvalue weighted by atomic mass is 10.1. The number of nitrogens with one attached hydrogen (secondary N) is 1. The first-order chi connectivity index (χ1) is 17.3. The second-order valence-corrected chi connectivity index (χ2v) is 10.2. The Balaban J connectivity index is 1.28. The minimum atomic E-state index is -3.28. The Hall–Kier alpha value is -4.38. The molecule has 5 aromatic rings. The number of rotatable bonds is 7. The first kappa shape index (κ1) is 23.4. The Morgan fingerprint density at radius 3 is 2.53 bits per heavy atom. The van der Waals surface area contributed by atoms with Gasteiger partial charge in [-0.1, -0.05) is 12.1 Å². The topological polar surface area (TPSA) is 120 Å². The molecule has 11 heteroatoms. The number of oxazole rings is 1. The van der Waals surface area contributed by atoms with Gasteiger partial charge in [-0.2, -0.15) is 10.2 Å². The summed E-state index contributed by atoms with van der Waals surface area (Å²) in [6.45, 7) is 0.117. The molecule has 1 N–H and O–H groups in total. The van der Waals surface area contributed by atoms with Crippen LogP contribution < -0.4 is 5.32 Å². The highest BCUT2D eigenvalue weighted by Crippen LogP contribution is 2.28. The van der Waals surface area contributed by atoms with E-state index in [0.29, 0.717) is 33.9 Å². The summed E-state index contributed by atoms with van der Waals surface area (Å²) in [5, 5.41) is 11.8. The molecule has 0 aliphatic heterocycles. The van der Waals surface area contributed by atoms with Gasteiger partial charge in [0, 0.05) is 22.7 Å². The van der Waals surface area contributed by atoms with Crippen molar-refractivity contribution in [3.05, 3.63) is 84.6 Å². The second-order valence-electron chi connectivity index (χ2n) is 8.14. The summed E-state index contributed by atoms with van der Waals surface area (Å²) < 4.78 is 44.1. The van der Waals surface area contributed by atoms with Crippen molar-refractivity contribution in [1.82, 2.24) is 25.1 Å². The van der Waals surface area contributed by atoms with Gasteiger partial charge in [0.1, 0.15) is 24.3 Å². The van der Waals surface area contributed by atoms with Crippen molar-refractivity contribution in [2.75, 3.05) is 6.26 Å². The molecular formula is C25H20FN5O4S. The van der Waals surface area contributed by atoms with Gasteiger partial charge >= 0.3 is 0 Å². The van der Waals surface area contributed by atoms with Crippen molar-refractivity contribution < 1.29 is 22.0 Å². The molecule has 0 aliphatic carbocycles. The molecule has 0 radical (unpaired) electrons. The third-order valence-corrected chi connectivity index (χ3v) is 6.71. The molecular weight excluding hydrogens is 485 g/mol. The maximum atomic E-state index is 13.7. The number of aromatic nitrogens is 4. The average Bonchev–Trinajstić information content (AvgIpc) is 3.51. The summed E-state index contributed by atoms with van der Waals surface area (Å²) in [6.07, 6.45) is 4.08. The first-order valence-electron chi connectivity index (χ1n) is 10.9. The monoisotopic (exact) mass is 505 g/mol. The number of nitrogens with zero attached hydrogens (tertiary/aromatic N) is 4. The Labute approximate surface area is 205 Å².